The molecule has 0 aromatic rings. The third-order valence-corrected chi connectivity index (χ3v) is 3.59. The molecule has 0 spiro atoms. The summed E-state index contributed by atoms with van der Waals surface area (Å²) >= 11 is 0. The van der Waals surface area contributed by atoms with E-state index in [2.05, 4.69) is 18.5 Å². The van der Waals surface area contributed by atoms with E-state index in [1.165, 1.54) is 0 Å². The Kier molecular flexibility index (Phi) is 3.73. The SMILES string of the molecule is CCN(CC)P1OC[C@@H](C)O1. The van der Waals surface area contributed by atoms with Gasteiger partial charge in [-0.25, -0.2) is 4.67 Å². The Labute approximate surface area is 69.6 Å². The van der Waals surface area contributed by atoms with Crippen molar-refractivity contribution in [1.29, 1.82) is 0 Å². The minimum atomic E-state index is -0.715. The second kappa shape index (κ2) is 4.36. The average Bonchev–Trinajstić information content (AvgIpc) is 2.39. The molecular formula is C7H16NO2P. The predicted molar refractivity (Wildman–Crippen MR) is 46.3 cm³/mol. The highest BCUT2D eigenvalue weighted by molar-refractivity contribution is 7.44. The van der Waals surface area contributed by atoms with Gasteiger partial charge in [0.2, 0.25) is 0 Å². The molecule has 1 unspecified atom stereocenters. The van der Waals surface area contributed by atoms with E-state index in [0.717, 1.165) is 19.7 Å². The Morgan fingerprint density at radius 3 is 2.45 bits per heavy atom. The van der Waals surface area contributed by atoms with Crippen molar-refractivity contribution in [1.82, 2.24) is 4.67 Å². The lowest BCUT2D eigenvalue weighted by atomic mass is 10.5. The van der Waals surface area contributed by atoms with E-state index >= 15 is 0 Å². The van der Waals surface area contributed by atoms with Gasteiger partial charge in [-0.2, -0.15) is 0 Å². The van der Waals surface area contributed by atoms with Crippen LogP contribution in [0.25, 0.3) is 0 Å². The summed E-state index contributed by atoms with van der Waals surface area (Å²) in [6.07, 6.45) is 0.279. The van der Waals surface area contributed by atoms with Crippen LogP contribution in [0.2, 0.25) is 0 Å². The molecule has 0 radical (unpaired) electrons. The fraction of sp³-hybridized carbons (Fsp3) is 1.00. The van der Waals surface area contributed by atoms with Gasteiger partial charge in [-0.1, -0.05) is 13.8 Å². The largest absolute Gasteiger partial charge is 0.319 e. The van der Waals surface area contributed by atoms with Crippen LogP contribution in [-0.4, -0.2) is 30.5 Å². The molecule has 1 saturated heterocycles. The van der Waals surface area contributed by atoms with Crippen LogP contribution < -0.4 is 0 Å². The molecule has 4 heteroatoms. The van der Waals surface area contributed by atoms with Crippen molar-refractivity contribution < 1.29 is 9.05 Å². The third kappa shape index (κ3) is 2.38. The van der Waals surface area contributed by atoms with Crippen molar-refractivity contribution in [2.24, 2.45) is 0 Å². The Balaban J connectivity index is 2.34. The predicted octanol–water partition coefficient (Wildman–Crippen LogP) is 1.99. The zero-order chi connectivity index (χ0) is 8.27. The lowest BCUT2D eigenvalue weighted by molar-refractivity contribution is 0.257. The van der Waals surface area contributed by atoms with Crippen LogP contribution in [0.5, 0.6) is 0 Å². The smallest absolute Gasteiger partial charge is 0.259 e. The van der Waals surface area contributed by atoms with Gasteiger partial charge in [0, 0.05) is 13.1 Å². The van der Waals surface area contributed by atoms with E-state index in [-0.39, 0.29) is 6.10 Å². The van der Waals surface area contributed by atoms with E-state index in [4.69, 9.17) is 9.05 Å². The first-order valence-electron chi connectivity index (χ1n) is 4.12. The van der Waals surface area contributed by atoms with Gasteiger partial charge in [-0.05, 0) is 6.92 Å². The summed E-state index contributed by atoms with van der Waals surface area (Å²) < 4.78 is 13.3. The zero-order valence-electron chi connectivity index (χ0n) is 7.41. The number of hydrogen-bond donors (Lipinski definition) is 0. The van der Waals surface area contributed by atoms with Crippen LogP contribution in [0.15, 0.2) is 0 Å². The Hall–Kier alpha value is 0.310. The lowest BCUT2D eigenvalue weighted by Gasteiger charge is -2.21. The molecule has 1 fully saturated rings. The summed E-state index contributed by atoms with van der Waals surface area (Å²) in [4.78, 5) is 0. The fourth-order valence-electron chi connectivity index (χ4n) is 0.986. The minimum Gasteiger partial charge on any atom is -0.319 e. The molecule has 2 atom stereocenters. The van der Waals surface area contributed by atoms with Gasteiger partial charge in [0.15, 0.2) is 0 Å². The summed E-state index contributed by atoms with van der Waals surface area (Å²) in [5.41, 5.74) is 0. The van der Waals surface area contributed by atoms with Crippen molar-refractivity contribution in [2.75, 3.05) is 19.7 Å². The Bertz CT molecular complexity index is 119. The van der Waals surface area contributed by atoms with Gasteiger partial charge in [-0.3, -0.25) is 0 Å². The first-order chi connectivity index (χ1) is 5.27. The monoisotopic (exact) mass is 177 g/mol. The molecule has 11 heavy (non-hydrogen) atoms. The third-order valence-electron chi connectivity index (χ3n) is 1.65. The molecule has 1 heterocycles. The maximum Gasteiger partial charge on any atom is 0.259 e. The molecule has 0 aromatic heterocycles. The van der Waals surface area contributed by atoms with Crippen molar-refractivity contribution in [2.45, 2.75) is 26.9 Å². The number of rotatable bonds is 3. The van der Waals surface area contributed by atoms with E-state index < -0.39 is 8.53 Å². The normalized spacial score (nSPS) is 31.6. The maximum absolute atomic E-state index is 5.57. The summed E-state index contributed by atoms with van der Waals surface area (Å²) in [5.74, 6) is 0. The highest BCUT2D eigenvalue weighted by Gasteiger charge is 2.27. The molecule has 1 aliphatic rings. The second-order valence-corrected chi connectivity index (χ2v) is 4.10. The van der Waals surface area contributed by atoms with Gasteiger partial charge in [0.25, 0.3) is 8.53 Å². The Morgan fingerprint density at radius 2 is 2.09 bits per heavy atom. The van der Waals surface area contributed by atoms with E-state index in [9.17, 15) is 0 Å². The standard InChI is InChI=1S/C7H16NO2P/c1-4-8(5-2)11-9-6-7(3)10-11/h7H,4-6H2,1-3H3/t7-,11?/m1/s1. The first kappa shape index (κ1) is 9.40. The van der Waals surface area contributed by atoms with Gasteiger partial charge >= 0.3 is 0 Å². The maximum atomic E-state index is 5.57. The number of hydrogen-bond acceptors (Lipinski definition) is 3. The lowest BCUT2D eigenvalue weighted by Crippen LogP contribution is -2.16. The van der Waals surface area contributed by atoms with Crippen LogP contribution >= 0.6 is 8.53 Å². The molecule has 0 saturated carbocycles. The Morgan fingerprint density at radius 1 is 1.45 bits per heavy atom. The van der Waals surface area contributed by atoms with Crippen LogP contribution in [0.3, 0.4) is 0 Å². The van der Waals surface area contributed by atoms with E-state index in [1.807, 2.05) is 6.92 Å². The highest BCUT2D eigenvalue weighted by atomic mass is 31.2. The molecule has 0 aliphatic carbocycles. The molecule has 1 rings (SSSR count). The topological polar surface area (TPSA) is 21.7 Å². The van der Waals surface area contributed by atoms with Crippen LogP contribution in [0.4, 0.5) is 0 Å². The molecule has 66 valence electrons. The van der Waals surface area contributed by atoms with Crippen molar-refractivity contribution in [3.63, 3.8) is 0 Å². The average molecular weight is 177 g/mol. The molecule has 0 aromatic carbocycles. The summed E-state index contributed by atoms with van der Waals surface area (Å²) in [6, 6.07) is 0. The highest BCUT2D eigenvalue weighted by Crippen LogP contribution is 2.48. The van der Waals surface area contributed by atoms with Crippen molar-refractivity contribution >= 4 is 8.53 Å². The quantitative estimate of drug-likeness (QED) is 0.615. The fourth-order valence-corrected chi connectivity index (χ4v) is 2.51. The molecule has 0 N–H and O–H groups in total. The second-order valence-electron chi connectivity index (χ2n) is 2.59. The van der Waals surface area contributed by atoms with Crippen molar-refractivity contribution in [3.05, 3.63) is 0 Å². The summed E-state index contributed by atoms with van der Waals surface area (Å²) in [7, 11) is -0.715. The number of nitrogens with zero attached hydrogens (tertiary/aromatic N) is 1. The van der Waals surface area contributed by atoms with Crippen LogP contribution in [0.1, 0.15) is 20.8 Å². The van der Waals surface area contributed by atoms with Crippen LogP contribution in [0, 0.1) is 0 Å². The molecular weight excluding hydrogens is 161 g/mol. The van der Waals surface area contributed by atoms with Crippen LogP contribution in [-0.2, 0) is 9.05 Å². The van der Waals surface area contributed by atoms with Gasteiger partial charge in [0.1, 0.15) is 0 Å². The van der Waals surface area contributed by atoms with Gasteiger partial charge in [0.05, 0.1) is 12.7 Å². The minimum absolute atomic E-state index is 0.279. The zero-order valence-corrected chi connectivity index (χ0v) is 8.30. The van der Waals surface area contributed by atoms with E-state index in [0.29, 0.717) is 0 Å². The molecule has 1 aliphatic heterocycles. The van der Waals surface area contributed by atoms with E-state index in [1.54, 1.807) is 0 Å². The summed E-state index contributed by atoms with van der Waals surface area (Å²) in [5, 5.41) is 0. The molecule has 3 nitrogen and oxygen atoms in total. The molecule has 0 bridgehead atoms. The van der Waals surface area contributed by atoms with Crippen molar-refractivity contribution in [3.8, 4) is 0 Å². The van der Waals surface area contributed by atoms with Gasteiger partial charge in [-0.15, -0.1) is 0 Å². The first-order valence-corrected chi connectivity index (χ1v) is 5.25. The summed E-state index contributed by atoms with van der Waals surface area (Å²) in [6.45, 7) is 9.07. The van der Waals surface area contributed by atoms with Gasteiger partial charge < -0.3 is 9.05 Å². The molecule has 0 amide bonds.